The van der Waals surface area contributed by atoms with Crippen molar-refractivity contribution < 1.29 is 16.8 Å². The molecule has 2 unspecified atom stereocenters. The molecule has 2 atom stereocenters. The molecule has 0 amide bonds. The highest BCUT2D eigenvalue weighted by atomic mass is 32.3. The summed E-state index contributed by atoms with van der Waals surface area (Å²) in [6.07, 6.45) is 2.16. The minimum atomic E-state index is -3.80. The first-order valence-electron chi connectivity index (χ1n) is 4.95. The van der Waals surface area contributed by atoms with Crippen LogP contribution in [0.5, 0.6) is 0 Å². The fraction of sp³-hybridized carbons (Fsp3) is 1.00. The molecule has 0 saturated carbocycles. The minimum absolute atomic E-state index is 0.614. The summed E-state index contributed by atoms with van der Waals surface area (Å²) in [4.78, 5) is 0. The molecule has 5 heteroatoms. The summed E-state index contributed by atoms with van der Waals surface area (Å²) in [5.74, 6) is 0. The quantitative estimate of drug-likeness (QED) is 0.733. The molecule has 0 aromatic rings. The molecular weight excluding hydrogens is 204 g/mol. The van der Waals surface area contributed by atoms with Gasteiger partial charge in [-0.05, 0) is 26.7 Å². The fourth-order valence-corrected chi connectivity index (χ4v) is 3.35. The van der Waals surface area contributed by atoms with Gasteiger partial charge in [-0.1, -0.05) is 20.3 Å². The van der Waals surface area contributed by atoms with Gasteiger partial charge >= 0.3 is 10.4 Å². The SMILES string of the molecule is CCCC1(C)OS(=O)(=O)OC1(C)CC. The molecule has 1 saturated heterocycles. The van der Waals surface area contributed by atoms with Crippen LogP contribution in [0.25, 0.3) is 0 Å². The van der Waals surface area contributed by atoms with Gasteiger partial charge in [0.05, 0.1) is 0 Å². The maximum absolute atomic E-state index is 11.3. The van der Waals surface area contributed by atoms with Crippen molar-refractivity contribution in [1.29, 1.82) is 0 Å². The lowest BCUT2D eigenvalue weighted by Gasteiger charge is -2.34. The first-order valence-corrected chi connectivity index (χ1v) is 6.28. The van der Waals surface area contributed by atoms with Crippen LogP contribution in [0.3, 0.4) is 0 Å². The first kappa shape index (κ1) is 11.9. The van der Waals surface area contributed by atoms with E-state index in [4.69, 9.17) is 8.37 Å². The van der Waals surface area contributed by atoms with E-state index in [1.165, 1.54) is 0 Å². The standard InChI is InChI=1S/C9H18O4S/c1-5-7-9(4)8(3,6-2)12-14(10,11)13-9/h5-7H2,1-4H3. The van der Waals surface area contributed by atoms with E-state index in [2.05, 4.69) is 0 Å². The summed E-state index contributed by atoms with van der Waals surface area (Å²) < 4.78 is 32.5. The van der Waals surface area contributed by atoms with Gasteiger partial charge in [0.2, 0.25) is 0 Å². The second-order valence-corrected chi connectivity index (χ2v) is 5.29. The Hall–Kier alpha value is -0.130. The highest BCUT2D eigenvalue weighted by molar-refractivity contribution is 7.82. The summed E-state index contributed by atoms with van der Waals surface area (Å²) in [5.41, 5.74) is -1.46. The lowest BCUT2D eigenvalue weighted by atomic mass is 9.81. The van der Waals surface area contributed by atoms with Gasteiger partial charge < -0.3 is 0 Å². The van der Waals surface area contributed by atoms with E-state index in [0.29, 0.717) is 12.8 Å². The molecule has 1 heterocycles. The van der Waals surface area contributed by atoms with E-state index >= 15 is 0 Å². The van der Waals surface area contributed by atoms with Gasteiger partial charge in [0.1, 0.15) is 11.2 Å². The Kier molecular flexibility index (Phi) is 2.96. The molecule has 0 N–H and O–H groups in total. The van der Waals surface area contributed by atoms with Crippen molar-refractivity contribution in [2.75, 3.05) is 0 Å². The van der Waals surface area contributed by atoms with E-state index in [0.717, 1.165) is 6.42 Å². The van der Waals surface area contributed by atoms with Crippen molar-refractivity contribution in [2.24, 2.45) is 0 Å². The van der Waals surface area contributed by atoms with Crippen LogP contribution in [-0.2, 0) is 18.8 Å². The van der Waals surface area contributed by atoms with Crippen LogP contribution in [0, 0.1) is 0 Å². The fourth-order valence-electron chi connectivity index (χ4n) is 1.86. The van der Waals surface area contributed by atoms with Crippen LogP contribution in [0.1, 0.15) is 47.0 Å². The minimum Gasteiger partial charge on any atom is -0.239 e. The second-order valence-electron chi connectivity index (χ2n) is 4.14. The molecule has 84 valence electrons. The molecule has 0 aromatic heterocycles. The lowest BCUT2D eigenvalue weighted by Crippen LogP contribution is -2.46. The molecule has 0 spiro atoms. The zero-order chi connectivity index (χ0) is 11.0. The van der Waals surface area contributed by atoms with Crippen LogP contribution in [0.15, 0.2) is 0 Å². The number of hydrogen-bond donors (Lipinski definition) is 0. The highest BCUT2D eigenvalue weighted by Crippen LogP contribution is 2.44. The molecule has 0 aliphatic carbocycles. The van der Waals surface area contributed by atoms with Crippen molar-refractivity contribution in [3.05, 3.63) is 0 Å². The third kappa shape index (κ3) is 1.81. The van der Waals surface area contributed by atoms with Crippen LogP contribution < -0.4 is 0 Å². The Labute approximate surface area is 85.9 Å². The lowest BCUT2D eigenvalue weighted by molar-refractivity contribution is -0.0318. The predicted molar refractivity (Wildman–Crippen MR) is 53.1 cm³/mol. The van der Waals surface area contributed by atoms with Gasteiger partial charge in [0.25, 0.3) is 0 Å². The van der Waals surface area contributed by atoms with Crippen molar-refractivity contribution in [1.82, 2.24) is 0 Å². The molecule has 1 fully saturated rings. The molecule has 1 aliphatic heterocycles. The maximum Gasteiger partial charge on any atom is 0.401 e. The van der Waals surface area contributed by atoms with E-state index in [9.17, 15) is 8.42 Å². The van der Waals surface area contributed by atoms with E-state index < -0.39 is 21.6 Å². The van der Waals surface area contributed by atoms with Crippen molar-refractivity contribution in [3.8, 4) is 0 Å². The molecular formula is C9H18O4S. The molecule has 14 heavy (non-hydrogen) atoms. The zero-order valence-electron chi connectivity index (χ0n) is 9.16. The first-order chi connectivity index (χ1) is 6.29. The van der Waals surface area contributed by atoms with Gasteiger partial charge in [0, 0.05) is 0 Å². The monoisotopic (exact) mass is 222 g/mol. The Morgan fingerprint density at radius 2 is 1.57 bits per heavy atom. The van der Waals surface area contributed by atoms with Gasteiger partial charge in [-0.15, -0.1) is 0 Å². The van der Waals surface area contributed by atoms with Crippen LogP contribution >= 0.6 is 0 Å². The third-order valence-electron chi connectivity index (χ3n) is 3.09. The molecule has 4 nitrogen and oxygen atoms in total. The Morgan fingerprint density at radius 1 is 1.07 bits per heavy atom. The van der Waals surface area contributed by atoms with Crippen LogP contribution in [0.2, 0.25) is 0 Å². The summed E-state index contributed by atoms with van der Waals surface area (Å²) in [5, 5.41) is 0. The summed E-state index contributed by atoms with van der Waals surface area (Å²) in [6, 6.07) is 0. The molecule has 0 bridgehead atoms. The average Bonchev–Trinajstić information content (AvgIpc) is 2.19. The summed E-state index contributed by atoms with van der Waals surface area (Å²) >= 11 is 0. The van der Waals surface area contributed by atoms with Gasteiger partial charge in [-0.3, -0.25) is 0 Å². The maximum atomic E-state index is 11.3. The van der Waals surface area contributed by atoms with E-state index in [-0.39, 0.29) is 0 Å². The largest absolute Gasteiger partial charge is 0.401 e. The molecule has 1 rings (SSSR count). The Bertz CT molecular complexity index is 311. The molecule has 0 aromatic carbocycles. The van der Waals surface area contributed by atoms with E-state index in [1.807, 2.05) is 13.8 Å². The number of rotatable bonds is 3. The van der Waals surface area contributed by atoms with Crippen LogP contribution in [-0.4, -0.2) is 19.6 Å². The summed E-state index contributed by atoms with van der Waals surface area (Å²) in [6.45, 7) is 7.48. The van der Waals surface area contributed by atoms with E-state index in [1.54, 1.807) is 13.8 Å². The van der Waals surface area contributed by atoms with Crippen molar-refractivity contribution >= 4 is 10.4 Å². The Morgan fingerprint density at radius 3 is 2.00 bits per heavy atom. The van der Waals surface area contributed by atoms with Crippen LogP contribution in [0.4, 0.5) is 0 Å². The average molecular weight is 222 g/mol. The van der Waals surface area contributed by atoms with Crippen molar-refractivity contribution in [3.63, 3.8) is 0 Å². The summed E-state index contributed by atoms with van der Waals surface area (Å²) in [7, 11) is -3.80. The van der Waals surface area contributed by atoms with Gasteiger partial charge in [-0.25, -0.2) is 8.37 Å². The molecule has 1 aliphatic rings. The topological polar surface area (TPSA) is 52.6 Å². The second kappa shape index (κ2) is 3.47. The van der Waals surface area contributed by atoms with Crippen molar-refractivity contribution in [2.45, 2.75) is 58.2 Å². The Balaban J connectivity index is 3.05. The zero-order valence-corrected chi connectivity index (χ0v) is 9.98. The van der Waals surface area contributed by atoms with Gasteiger partial charge in [0.15, 0.2) is 0 Å². The predicted octanol–water partition coefficient (Wildman–Crippen LogP) is 2.01. The highest BCUT2D eigenvalue weighted by Gasteiger charge is 2.57. The van der Waals surface area contributed by atoms with Gasteiger partial charge in [-0.2, -0.15) is 8.42 Å². The smallest absolute Gasteiger partial charge is 0.239 e. The third-order valence-corrected chi connectivity index (χ3v) is 4.24. The normalized spacial score (nSPS) is 41.4. The molecule has 0 radical (unpaired) electrons. The number of hydrogen-bond acceptors (Lipinski definition) is 4.